The van der Waals surface area contributed by atoms with Gasteiger partial charge in [-0.25, -0.2) is 9.78 Å². The summed E-state index contributed by atoms with van der Waals surface area (Å²) in [7, 11) is 0. The lowest BCUT2D eigenvalue weighted by atomic mass is 10.2. The summed E-state index contributed by atoms with van der Waals surface area (Å²) in [5.41, 5.74) is 4.21. The highest BCUT2D eigenvalue weighted by Crippen LogP contribution is 2.22. The Hall–Kier alpha value is -4.13. The first kappa shape index (κ1) is 19.2. The van der Waals surface area contributed by atoms with Crippen molar-refractivity contribution < 1.29 is 9.59 Å². The van der Waals surface area contributed by atoms with E-state index in [1.807, 2.05) is 66.7 Å². The number of H-pyrrole nitrogens is 1. The maximum atomic E-state index is 12.1. The summed E-state index contributed by atoms with van der Waals surface area (Å²) in [5, 5.41) is 8.20. The van der Waals surface area contributed by atoms with Gasteiger partial charge >= 0.3 is 6.03 Å². The van der Waals surface area contributed by atoms with Gasteiger partial charge in [-0.3, -0.25) is 4.79 Å². The van der Waals surface area contributed by atoms with Crippen LogP contribution in [0, 0.1) is 0 Å². The second-order valence-corrected chi connectivity index (χ2v) is 6.73. The van der Waals surface area contributed by atoms with Crippen molar-refractivity contribution in [2.45, 2.75) is 6.42 Å². The van der Waals surface area contributed by atoms with Crippen LogP contribution in [-0.2, 0) is 4.79 Å². The van der Waals surface area contributed by atoms with Gasteiger partial charge < -0.3 is 20.9 Å². The summed E-state index contributed by atoms with van der Waals surface area (Å²) in [4.78, 5) is 31.8. The molecular formula is C23H21N5O2. The lowest BCUT2D eigenvalue weighted by molar-refractivity contribution is -0.116. The van der Waals surface area contributed by atoms with Crippen LogP contribution in [-0.4, -0.2) is 28.5 Å². The van der Waals surface area contributed by atoms with Gasteiger partial charge in [-0.1, -0.05) is 30.3 Å². The SMILES string of the molecule is O=C(CCNC(=O)Nc1ccccc1)Nc1ccc(-c2nc3ccccc3[nH]2)cc1. The number of rotatable bonds is 6. The maximum absolute atomic E-state index is 12.1. The van der Waals surface area contributed by atoms with E-state index in [-0.39, 0.29) is 24.9 Å². The Labute approximate surface area is 173 Å². The molecule has 0 saturated carbocycles. The summed E-state index contributed by atoms with van der Waals surface area (Å²) >= 11 is 0. The molecule has 0 fully saturated rings. The number of imidazole rings is 1. The number of anilines is 2. The molecule has 0 aliphatic rings. The number of hydrogen-bond donors (Lipinski definition) is 4. The van der Waals surface area contributed by atoms with E-state index in [0.29, 0.717) is 11.4 Å². The molecule has 150 valence electrons. The molecule has 1 aromatic heterocycles. The number of carbonyl (C=O) groups excluding carboxylic acids is 2. The summed E-state index contributed by atoms with van der Waals surface area (Å²) < 4.78 is 0. The Bertz CT molecular complexity index is 1120. The van der Waals surface area contributed by atoms with Crippen molar-refractivity contribution in [1.82, 2.24) is 15.3 Å². The molecule has 0 aliphatic heterocycles. The fourth-order valence-electron chi connectivity index (χ4n) is 3.01. The van der Waals surface area contributed by atoms with Gasteiger partial charge in [-0.05, 0) is 48.5 Å². The van der Waals surface area contributed by atoms with E-state index in [0.717, 1.165) is 22.4 Å². The third kappa shape index (κ3) is 4.82. The standard InChI is InChI=1S/C23H21N5O2/c29-21(14-15-24-23(30)26-17-6-2-1-3-7-17)25-18-12-10-16(11-13-18)22-27-19-8-4-5-9-20(19)28-22/h1-13H,14-15H2,(H,25,29)(H,27,28)(H2,24,26,30). The largest absolute Gasteiger partial charge is 0.338 e. The molecule has 0 saturated heterocycles. The Kier molecular flexibility index (Phi) is 5.70. The molecule has 0 atom stereocenters. The third-order valence-corrected chi connectivity index (χ3v) is 4.50. The van der Waals surface area contributed by atoms with Crippen LogP contribution in [0.25, 0.3) is 22.4 Å². The number of urea groups is 1. The minimum absolute atomic E-state index is 0.174. The summed E-state index contributed by atoms with van der Waals surface area (Å²) in [6.07, 6.45) is 0.174. The van der Waals surface area contributed by atoms with Crippen molar-refractivity contribution in [3.8, 4) is 11.4 Å². The van der Waals surface area contributed by atoms with Crippen LogP contribution in [0.1, 0.15) is 6.42 Å². The molecule has 0 bridgehead atoms. The summed E-state index contributed by atoms with van der Waals surface area (Å²) in [5.74, 6) is 0.606. The molecule has 0 radical (unpaired) electrons. The molecule has 0 unspecified atom stereocenters. The van der Waals surface area contributed by atoms with Crippen molar-refractivity contribution in [3.05, 3.63) is 78.9 Å². The van der Waals surface area contributed by atoms with Crippen LogP contribution >= 0.6 is 0 Å². The minimum Gasteiger partial charge on any atom is -0.338 e. The highest BCUT2D eigenvalue weighted by Gasteiger charge is 2.07. The first-order chi connectivity index (χ1) is 14.7. The molecule has 0 aliphatic carbocycles. The molecule has 0 spiro atoms. The van der Waals surface area contributed by atoms with Crippen molar-refractivity contribution in [2.75, 3.05) is 17.2 Å². The summed E-state index contributed by atoms with van der Waals surface area (Å²) in [6, 6.07) is 24.1. The van der Waals surface area contributed by atoms with Crippen LogP contribution in [0.5, 0.6) is 0 Å². The van der Waals surface area contributed by atoms with Gasteiger partial charge in [0, 0.05) is 29.9 Å². The predicted octanol–water partition coefficient (Wildman–Crippen LogP) is 4.38. The maximum Gasteiger partial charge on any atom is 0.319 e. The minimum atomic E-state index is -0.343. The van der Waals surface area contributed by atoms with Gasteiger partial charge in [0.1, 0.15) is 5.82 Å². The number of nitrogens with zero attached hydrogens (tertiary/aromatic N) is 1. The van der Waals surface area contributed by atoms with Crippen molar-refractivity contribution in [2.24, 2.45) is 0 Å². The molecule has 30 heavy (non-hydrogen) atoms. The van der Waals surface area contributed by atoms with Crippen LogP contribution in [0.15, 0.2) is 78.9 Å². The molecule has 7 nitrogen and oxygen atoms in total. The van der Waals surface area contributed by atoms with Gasteiger partial charge in [0.2, 0.25) is 5.91 Å². The number of fused-ring (bicyclic) bond motifs is 1. The Balaban J connectivity index is 1.26. The number of hydrogen-bond acceptors (Lipinski definition) is 3. The van der Waals surface area contributed by atoms with Crippen LogP contribution in [0.2, 0.25) is 0 Å². The molecule has 4 rings (SSSR count). The number of benzene rings is 3. The number of carbonyl (C=O) groups is 2. The molecular weight excluding hydrogens is 378 g/mol. The first-order valence-corrected chi connectivity index (χ1v) is 9.62. The van der Waals surface area contributed by atoms with E-state index in [1.165, 1.54) is 0 Å². The van der Waals surface area contributed by atoms with Crippen molar-refractivity contribution in [1.29, 1.82) is 0 Å². The number of nitrogens with one attached hydrogen (secondary N) is 4. The van der Waals surface area contributed by atoms with Gasteiger partial charge in [0.15, 0.2) is 0 Å². The quantitative estimate of drug-likeness (QED) is 0.387. The van der Waals surface area contributed by atoms with E-state index in [1.54, 1.807) is 12.1 Å². The van der Waals surface area contributed by atoms with Crippen molar-refractivity contribution >= 4 is 34.3 Å². The van der Waals surface area contributed by atoms with E-state index in [2.05, 4.69) is 25.9 Å². The van der Waals surface area contributed by atoms with Gasteiger partial charge in [-0.15, -0.1) is 0 Å². The van der Waals surface area contributed by atoms with E-state index in [9.17, 15) is 9.59 Å². The number of aromatic nitrogens is 2. The predicted molar refractivity (Wildman–Crippen MR) is 118 cm³/mol. The molecule has 1 heterocycles. The van der Waals surface area contributed by atoms with E-state index in [4.69, 9.17) is 0 Å². The molecule has 3 aromatic carbocycles. The third-order valence-electron chi connectivity index (χ3n) is 4.50. The van der Waals surface area contributed by atoms with Crippen LogP contribution < -0.4 is 16.0 Å². The van der Waals surface area contributed by atoms with Crippen LogP contribution in [0.4, 0.5) is 16.2 Å². The molecule has 4 N–H and O–H groups in total. The average Bonchev–Trinajstić information content (AvgIpc) is 3.19. The Morgan fingerprint density at radius 2 is 1.50 bits per heavy atom. The smallest absolute Gasteiger partial charge is 0.319 e. The zero-order valence-corrected chi connectivity index (χ0v) is 16.2. The Morgan fingerprint density at radius 3 is 2.27 bits per heavy atom. The lowest BCUT2D eigenvalue weighted by Crippen LogP contribution is -2.31. The van der Waals surface area contributed by atoms with Crippen LogP contribution in [0.3, 0.4) is 0 Å². The number of para-hydroxylation sites is 3. The van der Waals surface area contributed by atoms with Gasteiger partial charge in [-0.2, -0.15) is 0 Å². The molecule has 4 aromatic rings. The fourth-order valence-corrected chi connectivity index (χ4v) is 3.01. The van der Waals surface area contributed by atoms with Gasteiger partial charge in [0.25, 0.3) is 0 Å². The van der Waals surface area contributed by atoms with Gasteiger partial charge in [0.05, 0.1) is 11.0 Å². The molecule has 3 amide bonds. The highest BCUT2D eigenvalue weighted by molar-refractivity contribution is 5.92. The number of amides is 3. The summed E-state index contributed by atoms with van der Waals surface area (Å²) in [6.45, 7) is 0.238. The Morgan fingerprint density at radius 1 is 0.800 bits per heavy atom. The lowest BCUT2D eigenvalue weighted by Gasteiger charge is -2.08. The zero-order chi connectivity index (χ0) is 20.8. The topological polar surface area (TPSA) is 98.9 Å². The monoisotopic (exact) mass is 399 g/mol. The highest BCUT2D eigenvalue weighted by atomic mass is 16.2. The average molecular weight is 399 g/mol. The second kappa shape index (κ2) is 8.91. The van der Waals surface area contributed by atoms with Crippen molar-refractivity contribution in [3.63, 3.8) is 0 Å². The van der Waals surface area contributed by atoms with E-state index < -0.39 is 0 Å². The normalized spacial score (nSPS) is 10.5. The number of aromatic amines is 1. The van der Waals surface area contributed by atoms with E-state index >= 15 is 0 Å². The first-order valence-electron chi connectivity index (χ1n) is 9.62. The second-order valence-electron chi connectivity index (χ2n) is 6.73. The molecule has 7 heteroatoms. The zero-order valence-electron chi connectivity index (χ0n) is 16.2. The fraction of sp³-hybridized carbons (Fsp3) is 0.0870.